The molecule has 1 aromatic carbocycles. The van der Waals surface area contributed by atoms with E-state index in [4.69, 9.17) is 9.57 Å². The predicted molar refractivity (Wildman–Crippen MR) is 56.0 cm³/mol. The highest BCUT2D eigenvalue weighted by molar-refractivity contribution is 5.29. The van der Waals surface area contributed by atoms with Crippen LogP contribution in [0.2, 0.25) is 0 Å². The van der Waals surface area contributed by atoms with Gasteiger partial charge in [0, 0.05) is 24.2 Å². The Hall–Kier alpha value is -1.04. The van der Waals surface area contributed by atoms with Crippen LogP contribution in [0.5, 0.6) is 0 Å². The number of hydrogen-bond acceptors (Lipinski definition) is 3. The van der Waals surface area contributed by atoms with Gasteiger partial charge in [0.15, 0.2) is 0 Å². The molecular weight excluding hydrogens is 228 g/mol. The van der Waals surface area contributed by atoms with Gasteiger partial charge in [-0.2, -0.15) is 5.48 Å². The van der Waals surface area contributed by atoms with Crippen LogP contribution in [-0.2, 0) is 15.1 Å². The van der Waals surface area contributed by atoms with Crippen LogP contribution in [0.25, 0.3) is 0 Å². The van der Waals surface area contributed by atoms with E-state index in [0.29, 0.717) is 25.4 Å². The summed E-state index contributed by atoms with van der Waals surface area (Å²) in [6.07, 6.45) is 0.809. The number of hydrogen-bond donors (Lipinski definition) is 1. The van der Waals surface area contributed by atoms with Crippen LogP contribution in [-0.4, -0.2) is 19.8 Å². The summed E-state index contributed by atoms with van der Waals surface area (Å²) in [5, 5.41) is 0. The number of rotatable bonds is 1. The zero-order valence-corrected chi connectivity index (χ0v) is 9.21. The largest absolute Gasteiger partial charge is 0.379 e. The van der Waals surface area contributed by atoms with Crippen LogP contribution in [0, 0.1) is 17.6 Å². The highest BCUT2D eigenvalue weighted by atomic mass is 19.1. The number of benzene rings is 1. The topological polar surface area (TPSA) is 30.5 Å². The lowest BCUT2D eigenvalue weighted by atomic mass is 9.77. The van der Waals surface area contributed by atoms with E-state index in [1.54, 1.807) is 0 Å². The zero-order valence-electron chi connectivity index (χ0n) is 9.21. The van der Waals surface area contributed by atoms with Crippen molar-refractivity contribution in [2.45, 2.75) is 12.0 Å². The van der Waals surface area contributed by atoms with E-state index in [1.165, 1.54) is 12.1 Å². The van der Waals surface area contributed by atoms with Crippen molar-refractivity contribution in [1.29, 1.82) is 0 Å². The van der Waals surface area contributed by atoms with Crippen molar-refractivity contribution in [2.75, 3.05) is 19.8 Å². The van der Waals surface area contributed by atoms with Gasteiger partial charge in [-0.25, -0.2) is 8.78 Å². The summed E-state index contributed by atoms with van der Waals surface area (Å²) in [6, 6.07) is 3.63. The first-order valence-electron chi connectivity index (χ1n) is 5.64. The minimum Gasteiger partial charge on any atom is -0.379 e. The Kier molecular flexibility index (Phi) is 2.61. The fourth-order valence-corrected chi connectivity index (χ4v) is 2.64. The van der Waals surface area contributed by atoms with Crippen molar-refractivity contribution in [3.05, 3.63) is 35.4 Å². The average molecular weight is 241 g/mol. The quantitative estimate of drug-likeness (QED) is 0.812. The van der Waals surface area contributed by atoms with Crippen LogP contribution in [0.3, 0.4) is 0 Å². The molecule has 2 heterocycles. The van der Waals surface area contributed by atoms with Crippen molar-refractivity contribution in [1.82, 2.24) is 5.48 Å². The Labute approximate surface area is 97.7 Å². The summed E-state index contributed by atoms with van der Waals surface area (Å²) >= 11 is 0. The number of halogens is 2. The lowest BCUT2D eigenvalue weighted by Gasteiger charge is -2.37. The first kappa shape index (κ1) is 11.1. The van der Waals surface area contributed by atoms with E-state index >= 15 is 0 Å². The molecule has 0 amide bonds. The Balaban J connectivity index is 2.05. The molecule has 92 valence electrons. The molecule has 2 atom stereocenters. The first-order valence-corrected chi connectivity index (χ1v) is 5.64. The predicted octanol–water partition coefficient (Wildman–Crippen LogP) is 1.73. The van der Waals surface area contributed by atoms with Gasteiger partial charge in [-0.3, -0.25) is 0 Å². The lowest BCUT2D eigenvalue weighted by molar-refractivity contribution is -0.0226. The highest BCUT2D eigenvalue weighted by Crippen LogP contribution is 2.40. The van der Waals surface area contributed by atoms with Gasteiger partial charge in [-0.1, -0.05) is 6.07 Å². The summed E-state index contributed by atoms with van der Waals surface area (Å²) in [4.78, 5) is 5.24. The lowest BCUT2D eigenvalue weighted by Crippen LogP contribution is -2.49. The molecule has 2 aliphatic heterocycles. The zero-order chi connectivity index (χ0) is 11.9. The highest BCUT2D eigenvalue weighted by Gasteiger charge is 2.49. The molecular formula is C12H13F2NO2. The van der Waals surface area contributed by atoms with Gasteiger partial charge in [-0.05, 0) is 12.5 Å². The Morgan fingerprint density at radius 3 is 3.06 bits per heavy atom. The summed E-state index contributed by atoms with van der Waals surface area (Å²) in [5.41, 5.74) is 2.61. The molecule has 5 heteroatoms. The normalized spacial score (nSPS) is 32.5. The molecule has 2 unspecified atom stereocenters. The Morgan fingerprint density at radius 1 is 1.35 bits per heavy atom. The SMILES string of the molecule is Fc1ccc(C23COCCC2CON3)c(F)c1. The van der Waals surface area contributed by atoms with Crippen LogP contribution >= 0.6 is 0 Å². The van der Waals surface area contributed by atoms with E-state index in [1.807, 2.05) is 0 Å². The molecule has 0 radical (unpaired) electrons. The summed E-state index contributed by atoms with van der Waals surface area (Å²) < 4.78 is 32.2. The first-order chi connectivity index (χ1) is 8.22. The van der Waals surface area contributed by atoms with Gasteiger partial charge in [0.05, 0.1) is 18.8 Å². The molecule has 2 fully saturated rings. The monoisotopic (exact) mass is 241 g/mol. The molecule has 0 aliphatic carbocycles. The van der Waals surface area contributed by atoms with Gasteiger partial charge in [-0.15, -0.1) is 0 Å². The van der Waals surface area contributed by atoms with Gasteiger partial charge >= 0.3 is 0 Å². The van der Waals surface area contributed by atoms with Gasteiger partial charge in [0.25, 0.3) is 0 Å². The second kappa shape index (κ2) is 4.01. The van der Waals surface area contributed by atoms with E-state index < -0.39 is 17.2 Å². The number of fused-ring (bicyclic) bond motifs is 1. The van der Waals surface area contributed by atoms with E-state index in [9.17, 15) is 8.78 Å². The second-order valence-corrected chi connectivity index (χ2v) is 4.55. The minimum atomic E-state index is -0.671. The van der Waals surface area contributed by atoms with Crippen LogP contribution in [0.15, 0.2) is 18.2 Å². The summed E-state index contributed by atoms with van der Waals surface area (Å²) in [7, 11) is 0. The van der Waals surface area contributed by atoms with Crippen molar-refractivity contribution in [2.24, 2.45) is 5.92 Å². The number of nitrogens with one attached hydrogen (secondary N) is 1. The average Bonchev–Trinajstić information content (AvgIpc) is 2.73. The fourth-order valence-electron chi connectivity index (χ4n) is 2.64. The van der Waals surface area contributed by atoms with Gasteiger partial charge in [0.2, 0.25) is 0 Å². The molecule has 2 saturated heterocycles. The number of hydroxylamine groups is 1. The summed E-state index contributed by atoms with van der Waals surface area (Å²) in [5.74, 6) is -0.968. The molecule has 3 rings (SSSR count). The van der Waals surface area contributed by atoms with Crippen LogP contribution < -0.4 is 5.48 Å². The van der Waals surface area contributed by atoms with Crippen LogP contribution in [0.1, 0.15) is 12.0 Å². The fraction of sp³-hybridized carbons (Fsp3) is 0.500. The Morgan fingerprint density at radius 2 is 2.24 bits per heavy atom. The van der Waals surface area contributed by atoms with Crippen molar-refractivity contribution < 1.29 is 18.4 Å². The molecule has 0 saturated carbocycles. The molecule has 17 heavy (non-hydrogen) atoms. The summed E-state index contributed by atoms with van der Waals surface area (Å²) in [6.45, 7) is 1.53. The van der Waals surface area contributed by atoms with E-state index in [-0.39, 0.29) is 5.92 Å². The third kappa shape index (κ3) is 1.66. The molecule has 0 bridgehead atoms. The molecule has 1 aromatic rings. The van der Waals surface area contributed by atoms with Crippen LogP contribution in [0.4, 0.5) is 8.78 Å². The van der Waals surface area contributed by atoms with E-state index in [0.717, 1.165) is 12.5 Å². The van der Waals surface area contributed by atoms with Crippen molar-refractivity contribution >= 4 is 0 Å². The van der Waals surface area contributed by atoms with E-state index in [2.05, 4.69) is 5.48 Å². The smallest absolute Gasteiger partial charge is 0.131 e. The third-order valence-electron chi connectivity index (χ3n) is 3.59. The third-order valence-corrected chi connectivity index (χ3v) is 3.59. The molecule has 3 nitrogen and oxygen atoms in total. The maximum absolute atomic E-state index is 13.9. The van der Waals surface area contributed by atoms with Crippen molar-refractivity contribution in [3.63, 3.8) is 0 Å². The molecule has 0 spiro atoms. The number of ether oxygens (including phenoxy) is 1. The second-order valence-electron chi connectivity index (χ2n) is 4.55. The maximum atomic E-state index is 13.9. The standard InChI is InChI=1S/C12H13F2NO2/c13-9-1-2-10(11(14)5-9)12-7-16-4-3-8(12)6-17-15-12/h1-2,5,8,15H,3-4,6-7H2. The van der Waals surface area contributed by atoms with Gasteiger partial charge < -0.3 is 9.57 Å². The van der Waals surface area contributed by atoms with Crippen molar-refractivity contribution in [3.8, 4) is 0 Å². The molecule has 0 aromatic heterocycles. The minimum absolute atomic E-state index is 0.163. The molecule has 1 N–H and O–H groups in total. The molecule has 2 aliphatic rings. The Bertz CT molecular complexity index is 441. The maximum Gasteiger partial charge on any atom is 0.131 e. The van der Waals surface area contributed by atoms with Gasteiger partial charge in [0.1, 0.15) is 11.6 Å².